The van der Waals surface area contributed by atoms with Gasteiger partial charge in [0.1, 0.15) is 11.5 Å². The van der Waals surface area contributed by atoms with Crippen molar-refractivity contribution in [2.45, 2.75) is 38.6 Å². The first kappa shape index (κ1) is 22.9. The second kappa shape index (κ2) is 10.5. The molecule has 0 fully saturated rings. The lowest BCUT2D eigenvalue weighted by Gasteiger charge is -2.35. The van der Waals surface area contributed by atoms with Gasteiger partial charge in [-0.15, -0.1) is 0 Å². The molecule has 0 radical (unpaired) electrons. The smallest absolute Gasteiger partial charge is 0.323 e. The van der Waals surface area contributed by atoms with Gasteiger partial charge < -0.3 is 20.3 Å². The van der Waals surface area contributed by atoms with Crippen LogP contribution in [0.4, 0.5) is 16.2 Å². The van der Waals surface area contributed by atoms with Crippen LogP contribution in [0, 0.1) is 5.92 Å². The van der Waals surface area contributed by atoms with Gasteiger partial charge in [-0.05, 0) is 105 Å². The summed E-state index contributed by atoms with van der Waals surface area (Å²) >= 11 is 0. The summed E-state index contributed by atoms with van der Waals surface area (Å²) in [6.07, 6.45) is 4.53. The van der Waals surface area contributed by atoms with Crippen LogP contribution in [-0.2, 0) is 12.8 Å². The third-order valence-corrected chi connectivity index (χ3v) is 6.45. The lowest BCUT2D eigenvalue weighted by molar-refractivity contribution is 0.188. The van der Waals surface area contributed by atoms with Crippen molar-refractivity contribution in [2.75, 3.05) is 24.7 Å². The summed E-state index contributed by atoms with van der Waals surface area (Å²) in [5.41, 5.74) is 4.29. The molecule has 172 valence electrons. The molecule has 2 atom stereocenters. The number of carbonyl (C=O) groups is 1. The predicted molar refractivity (Wildman–Crippen MR) is 135 cm³/mol. The number of benzene rings is 3. The number of amides is 2. The van der Waals surface area contributed by atoms with Crippen LogP contribution in [0.15, 0.2) is 72.8 Å². The largest absolute Gasteiger partial charge is 0.457 e. The number of hydrogen-bond donors (Lipinski definition) is 2. The number of nitrogens with zero attached hydrogens (tertiary/aromatic N) is 1. The summed E-state index contributed by atoms with van der Waals surface area (Å²) in [4.78, 5) is 14.9. The Morgan fingerprint density at radius 2 is 1.61 bits per heavy atom. The average Bonchev–Trinajstić information content (AvgIpc) is 2.81. The quantitative estimate of drug-likeness (QED) is 0.434. The first-order valence-corrected chi connectivity index (χ1v) is 11.7. The van der Waals surface area contributed by atoms with Gasteiger partial charge in [-0.2, -0.15) is 0 Å². The Kier molecular flexibility index (Phi) is 7.30. The minimum absolute atomic E-state index is 0.251. The molecule has 2 N–H and O–H groups in total. The third kappa shape index (κ3) is 5.93. The SMILES string of the molecule is CCC(C1CCc2cc(NC(=O)Nc3ccc(Oc4ccccc4)cc3)ccc2C1)N(C)C. The molecule has 5 heteroatoms. The zero-order chi connectivity index (χ0) is 23.2. The first-order chi connectivity index (χ1) is 16.0. The van der Waals surface area contributed by atoms with E-state index in [4.69, 9.17) is 4.74 Å². The maximum Gasteiger partial charge on any atom is 0.323 e. The molecule has 33 heavy (non-hydrogen) atoms. The molecule has 3 aromatic carbocycles. The van der Waals surface area contributed by atoms with Crippen LogP contribution in [0.5, 0.6) is 11.5 Å². The number of ether oxygens (including phenoxy) is 1. The molecule has 1 aliphatic rings. The number of nitrogens with one attached hydrogen (secondary N) is 2. The summed E-state index contributed by atoms with van der Waals surface area (Å²) in [6.45, 7) is 2.27. The number of fused-ring (bicyclic) bond motifs is 1. The van der Waals surface area contributed by atoms with Crippen molar-refractivity contribution in [2.24, 2.45) is 5.92 Å². The van der Waals surface area contributed by atoms with E-state index in [1.165, 1.54) is 24.0 Å². The number of hydrogen-bond acceptors (Lipinski definition) is 3. The number of aryl methyl sites for hydroxylation is 1. The highest BCUT2D eigenvalue weighted by molar-refractivity contribution is 5.99. The van der Waals surface area contributed by atoms with Crippen molar-refractivity contribution in [1.82, 2.24) is 4.90 Å². The Morgan fingerprint density at radius 1 is 0.939 bits per heavy atom. The summed E-state index contributed by atoms with van der Waals surface area (Å²) < 4.78 is 5.80. The molecule has 0 saturated carbocycles. The topological polar surface area (TPSA) is 53.6 Å². The Hall–Kier alpha value is -3.31. The molecule has 1 aliphatic carbocycles. The summed E-state index contributed by atoms with van der Waals surface area (Å²) in [7, 11) is 4.36. The Balaban J connectivity index is 1.33. The van der Waals surface area contributed by atoms with Crippen molar-refractivity contribution < 1.29 is 9.53 Å². The Labute approximate surface area is 196 Å². The summed E-state index contributed by atoms with van der Waals surface area (Å²) in [5, 5.41) is 5.86. The van der Waals surface area contributed by atoms with E-state index in [1.54, 1.807) is 0 Å². The van der Waals surface area contributed by atoms with Gasteiger partial charge in [0.25, 0.3) is 0 Å². The standard InChI is InChI=1S/C28H33N3O2/c1-4-27(31(2)3)22-11-10-21-19-24(13-12-20(21)18-22)30-28(32)29-23-14-16-26(17-15-23)33-25-8-6-5-7-9-25/h5-9,12-17,19,22,27H,4,10-11,18H2,1-3H3,(H2,29,30,32). The maximum absolute atomic E-state index is 12.5. The number of urea groups is 1. The van der Waals surface area contributed by atoms with Gasteiger partial charge in [0.05, 0.1) is 0 Å². The molecule has 2 amide bonds. The van der Waals surface area contributed by atoms with Crippen LogP contribution in [0.2, 0.25) is 0 Å². The van der Waals surface area contributed by atoms with Gasteiger partial charge in [0.15, 0.2) is 0 Å². The van der Waals surface area contributed by atoms with E-state index in [0.29, 0.717) is 17.6 Å². The normalized spacial score (nSPS) is 16.1. The number of carbonyl (C=O) groups excluding carboxylic acids is 1. The maximum atomic E-state index is 12.5. The van der Waals surface area contributed by atoms with Gasteiger partial charge in [-0.1, -0.05) is 31.2 Å². The zero-order valence-electron chi connectivity index (χ0n) is 19.7. The molecule has 0 saturated heterocycles. The van der Waals surface area contributed by atoms with Gasteiger partial charge >= 0.3 is 6.03 Å². The predicted octanol–water partition coefficient (Wildman–Crippen LogP) is 6.57. The number of anilines is 2. The van der Waals surface area contributed by atoms with Gasteiger partial charge in [0, 0.05) is 17.4 Å². The lowest BCUT2D eigenvalue weighted by atomic mass is 9.79. The highest BCUT2D eigenvalue weighted by Crippen LogP contribution is 2.32. The van der Waals surface area contributed by atoms with Crippen molar-refractivity contribution in [3.05, 3.63) is 83.9 Å². The molecule has 0 aromatic heterocycles. The molecule has 4 rings (SSSR count). The van der Waals surface area contributed by atoms with Crippen molar-refractivity contribution >= 4 is 17.4 Å². The minimum atomic E-state index is -0.251. The van der Waals surface area contributed by atoms with Crippen LogP contribution in [-0.4, -0.2) is 31.1 Å². The second-order valence-corrected chi connectivity index (χ2v) is 8.94. The second-order valence-electron chi connectivity index (χ2n) is 8.94. The monoisotopic (exact) mass is 443 g/mol. The Bertz CT molecular complexity index is 1060. The molecule has 0 bridgehead atoms. The number of para-hydroxylation sites is 1. The fraction of sp³-hybridized carbons (Fsp3) is 0.321. The fourth-order valence-corrected chi connectivity index (χ4v) is 4.83. The fourth-order valence-electron chi connectivity index (χ4n) is 4.83. The van der Waals surface area contributed by atoms with E-state index in [-0.39, 0.29) is 6.03 Å². The zero-order valence-corrected chi connectivity index (χ0v) is 19.7. The van der Waals surface area contributed by atoms with E-state index in [9.17, 15) is 4.79 Å². The van der Waals surface area contributed by atoms with Crippen molar-refractivity contribution in [3.63, 3.8) is 0 Å². The van der Waals surface area contributed by atoms with Crippen molar-refractivity contribution in [3.8, 4) is 11.5 Å². The lowest BCUT2D eigenvalue weighted by Crippen LogP contribution is -2.37. The molecule has 0 aliphatic heterocycles. The minimum Gasteiger partial charge on any atom is -0.457 e. The van der Waals surface area contributed by atoms with E-state index < -0.39 is 0 Å². The van der Waals surface area contributed by atoms with Gasteiger partial charge in [-0.25, -0.2) is 4.79 Å². The molecular weight excluding hydrogens is 410 g/mol. The van der Waals surface area contributed by atoms with Crippen molar-refractivity contribution in [1.29, 1.82) is 0 Å². The third-order valence-electron chi connectivity index (χ3n) is 6.45. The van der Waals surface area contributed by atoms with Crippen LogP contribution in [0.25, 0.3) is 0 Å². The average molecular weight is 444 g/mol. The number of rotatable bonds is 7. The van der Waals surface area contributed by atoms with Crippen LogP contribution >= 0.6 is 0 Å². The van der Waals surface area contributed by atoms with Crippen LogP contribution in [0.3, 0.4) is 0 Å². The van der Waals surface area contributed by atoms with Gasteiger partial charge in [0.2, 0.25) is 0 Å². The summed E-state index contributed by atoms with van der Waals surface area (Å²) in [6, 6.07) is 23.6. The summed E-state index contributed by atoms with van der Waals surface area (Å²) in [5.74, 6) is 2.19. The first-order valence-electron chi connectivity index (χ1n) is 11.7. The molecule has 5 nitrogen and oxygen atoms in total. The molecule has 0 spiro atoms. The van der Waals surface area contributed by atoms with E-state index in [1.807, 2.05) is 60.7 Å². The molecule has 3 aromatic rings. The molecule has 0 heterocycles. The van der Waals surface area contributed by atoms with E-state index >= 15 is 0 Å². The van der Waals surface area contributed by atoms with Crippen LogP contribution < -0.4 is 15.4 Å². The van der Waals surface area contributed by atoms with E-state index in [2.05, 4.69) is 48.7 Å². The highest BCUT2D eigenvalue weighted by Gasteiger charge is 2.26. The van der Waals surface area contributed by atoms with Crippen LogP contribution in [0.1, 0.15) is 30.9 Å². The Morgan fingerprint density at radius 3 is 2.30 bits per heavy atom. The van der Waals surface area contributed by atoms with Gasteiger partial charge in [-0.3, -0.25) is 0 Å². The van der Waals surface area contributed by atoms with E-state index in [0.717, 1.165) is 30.0 Å². The molecule has 2 unspecified atom stereocenters. The highest BCUT2D eigenvalue weighted by atomic mass is 16.5. The molecular formula is C28H33N3O2.